The first-order valence-corrected chi connectivity index (χ1v) is 57.5. The van der Waals surface area contributed by atoms with Gasteiger partial charge in [0.1, 0.15) is 52.7 Å². The molecule has 142 heavy (non-hydrogen) atoms. The van der Waals surface area contributed by atoms with Crippen molar-refractivity contribution in [3.8, 4) is 57.4 Å². The number of allylic oxidation sites excluding steroid dienone is 2. The van der Waals surface area contributed by atoms with E-state index in [0.717, 1.165) is 113 Å². The van der Waals surface area contributed by atoms with Crippen molar-refractivity contribution in [2.45, 2.75) is 101 Å². The van der Waals surface area contributed by atoms with E-state index in [1.165, 1.54) is 0 Å². The number of ether oxygens (including phenoxy) is 6. The van der Waals surface area contributed by atoms with Crippen LogP contribution in [-0.4, -0.2) is 307 Å². The topological polar surface area (TPSA) is 468 Å². The number of phenols is 1. The van der Waals surface area contributed by atoms with E-state index < -0.39 is 48.6 Å². The fraction of sp³-hybridized carbons (Fsp3) is 0.427. The zero-order valence-corrected chi connectivity index (χ0v) is 86.1. The molecule has 0 bridgehead atoms. The lowest BCUT2D eigenvalue weighted by Gasteiger charge is -2.34. The quantitative estimate of drug-likeness (QED) is 0.0855. The Balaban J connectivity index is 0.000000123. The van der Waals surface area contributed by atoms with Crippen LogP contribution in [0.4, 0.5) is 64.0 Å². The van der Waals surface area contributed by atoms with E-state index in [4.69, 9.17) is 70.7 Å². The highest BCUT2D eigenvalue weighted by molar-refractivity contribution is 7.94. The molecule has 3 N–H and O–H groups in total. The third-order valence-electron chi connectivity index (χ3n) is 24.4. The largest absolute Gasteiger partial charge is 0.508 e. The number of pyridine rings is 3. The van der Waals surface area contributed by atoms with Crippen molar-refractivity contribution in [1.82, 2.24) is 84.1 Å². The number of nitrogen functional groups attached to an aromatic ring is 1. The van der Waals surface area contributed by atoms with E-state index in [2.05, 4.69) is 143 Å². The van der Waals surface area contributed by atoms with Gasteiger partial charge in [0, 0.05) is 203 Å². The number of hydrogen-bond acceptors (Lipinski definition) is 38. The molecule has 46 heteroatoms. The average molecular weight is 2050 g/mol. The van der Waals surface area contributed by atoms with Crippen LogP contribution < -0.4 is 30.2 Å². The second kappa shape index (κ2) is 44.0. The Morgan fingerprint density at radius 1 is 0.493 bits per heavy atom. The number of imidazole rings is 1. The molecular formula is C96H117ClN28O12S5. The molecule has 40 nitrogen and oxygen atoms in total. The Morgan fingerprint density at radius 2 is 0.979 bits per heavy atom. The summed E-state index contributed by atoms with van der Waals surface area (Å²) in [4.78, 5) is 75.8. The number of aryl methyl sites for hydroxylation is 1. The summed E-state index contributed by atoms with van der Waals surface area (Å²) in [5.41, 5.74) is 14.4. The van der Waals surface area contributed by atoms with Gasteiger partial charge in [-0.15, -0.1) is 0 Å². The SMILES string of the molecule is C[C@@H]1COCCN1c1cc(N=S(C)(=O)C2COC2)nc(-n2cnc3ccccc32)n1.C[C@@H]1COCCN1c1cc(N=S(C)(=O)c2cnn(C)c2)nc(-c2ccnc3c2C=CC3)n1.C[C@@H]1COCCN1c1cc(N=S(C)(C)=O)nc(-c2cccc(N)n2)n1.C[C@@H]1COCCN1c1cc(N=S(C)(C)=O)nc(-c2cccc(O)c2)n1.C[C@@H]1COCCN1c1cc(N=S2(=O)CCCC2)nc(-c2ccnc3c2C=C(Cl)C3)n1. The van der Waals surface area contributed by atoms with Gasteiger partial charge in [-0.1, -0.05) is 54.1 Å². The van der Waals surface area contributed by atoms with Crippen molar-refractivity contribution in [3.63, 3.8) is 0 Å². The van der Waals surface area contributed by atoms with E-state index in [-0.39, 0.29) is 41.2 Å². The molecule has 17 heterocycles. The third-order valence-corrected chi connectivity index (χ3v) is 31.9. The number of anilines is 6. The Morgan fingerprint density at radius 3 is 1.50 bits per heavy atom. The summed E-state index contributed by atoms with van der Waals surface area (Å²) in [6.07, 6.45) is 27.5. The van der Waals surface area contributed by atoms with Crippen LogP contribution in [0.15, 0.2) is 178 Å². The van der Waals surface area contributed by atoms with Crippen LogP contribution >= 0.6 is 11.6 Å². The molecule has 0 radical (unpaired) electrons. The first-order valence-electron chi connectivity index (χ1n) is 46.7. The summed E-state index contributed by atoms with van der Waals surface area (Å²) in [7, 11) is -10.4. The second-order valence-electron chi connectivity index (χ2n) is 36.4. The lowest BCUT2D eigenvalue weighted by atomic mass is 10.1. The van der Waals surface area contributed by atoms with Crippen LogP contribution in [0, 0.1) is 0 Å². The van der Waals surface area contributed by atoms with E-state index in [0.29, 0.717) is 196 Å². The summed E-state index contributed by atoms with van der Waals surface area (Å²) < 4.78 is 123. The van der Waals surface area contributed by atoms with E-state index in [1.54, 1.807) is 129 Å². The van der Waals surface area contributed by atoms with Gasteiger partial charge in [-0.25, -0.2) is 70.9 Å². The predicted molar refractivity (Wildman–Crippen MR) is 556 cm³/mol. The van der Waals surface area contributed by atoms with Gasteiger partial charge in [0.25, 0.3) is 0 Å². The number of morpholine rings is 5. The minimum absolute atomic E-state index is 0.0734. The van der Waals surface area contributed by atoms with E-state index >= 15 is 0 Å². The van der Waals surface area contributed by atoms with Gasteiger partial charge in [0.2, 0.25) is 5.95 Å². The van der Waals surface area contributed by atoms with Gasteiger partial charge in [0.05, 0.1) is 177 Å². The maximum absolute atomic E-state index is 13.4. The lowest BCUT2D eigenvalue weighted by molar-refractivity contribution is 0.0431. The van der Waals surface area contributed by atoms with Gasteiger partial charge in [0.15, 0.2) is 52.4 Å². The highest BCUT2D eigenvalue weighted by Crippen LogP contribution is 2.39. The van der Waals surface area contributed by atoms with Gasteiger partial charge >= 0.3 is 0 Å². The number of rotatable bonds is 17. The number of phenolic OH excluding ortho intramolecular Hbond substituents is 1. The highest BCUT2D eigenvalue weighted by atomic mass is 35.5. The normalized spacial score (nSPS) is 20.2. The van der Waals surface area contributed by atoms with Crippen LogP contribution in [0.25, 0.3) is 74.8 Å². The van der Waals surface area contributed by atoms with Crippen molar-refractivity contribution in [2.24, 2.45) is 28.9 Å². The molecule has 2 aliphatic carbocycles. The lowest BCUT2D eigenvalue weighted by Crippen LogP contribution is -2.44. The predicted octanol–water partition coefficient (Wildman–Crippen LogP) is 13.0. The number of aromatic hydroxyl groups is 1. The molecule has 0 amide bonds. The highest BCUT2D eigenvalue weighted by Gasteiger charge is 2.33. The third kappa shape index (κ3) is 25.2. The van der Waals surface area contributed by atoms with Crippen LogP contribution in [0.5, 0.6) is 5.75 Å². The molecule has 21 rings (SSSR count). The maximum Gasteiger partial charge on any atom is 0.239 e. The molecule has 0 spiro atoms. The molecule has 2 aromatic carbocycles. The summed E-state index contributed by atoms with van der Waals surface area (Å²) in [6, 6.07) is 33.5. The molecule has 10 aromatic heterocycles. The Labute approximate surface area is 832 Å². The molecule has 7 saturated heterocycles. The molecular weight excluding hydrogens is 1930 g/mol. The van der Waals surface area contributed by atoms with Crippen molar-refractivity contribution >= 4 is 147 Å². The summed E-state index contributed by atoms with van der Waals surface area (Å²) in [5.74, 6) is 9.94. The maximum atomic E-state index is 13.4. The molecule has 12 aromatic rings. The smallest absolute Gasteiger partial charge is 0.239 e. The zero-order valence-electron chi connectivity index (χ0n) is 81.2. The number of aromatic nitrogens is 17. The average Bonchev–Trinajstić information content (AvgIpc) is 1.52. The first kappa shape index (κ1) is 101. The minimum Gasteiger partial charge on any atom is -0.508 e. The van der Waals surface area contributed by atoms with Crippen LogP contribution in [0.1, 0.15) is 70.0 Å². The van der Waals surface area contributed by atoms with Crippen molar-refractivity contribution < 1.29 is 54.6 Å². The van der Waals surface area contributed by atoms with Crippen LogP contribution in [0.2, 0.25) is 0 Å². The second-order valence-corrected chi connectivity index (χ2v) is 49.3. The van der Waals surface area contributed by atoms with E-state index in [1.807, 2.05) is 71.3 Å². The van der Waals surface area contributed by atoms with Crippen molar-refractivity contribution in [3.05, 3.63) is 174 Å². The number of fused-ring (bicyclic) bond motifs is 3. The number of para-hydroxylation sites is 2. The summed E-state index contributed by atoms with van der Waals surface area (Å²) >= 11 is 6.27. The molecule has 7 fully saturated rings. The monoisotopic (exact) mass is 2050 g/mol. The molecule has 9 aliphatic rings. The standard InChI is InChI=1S/C22H25N7O2S.C21H24ClN5O2S.C20H24N6O3S.C17H22N4O3S.C16H22N6O2S/c1-15-14-31-10-9-29(15)21-11-20(27-32(3,30)16-12-24-28(2)13-16)25-22(26-21)18-7-8-23-19-6-4-5-17(18)19;1-14-13-29-7-6-27(14)20-12-19(26-30(28)8-2-3-9-30)24-21(25-20)16-4-5-23-18-11-15(22)10-17(16)18;1-14-10-28-8-7-25(14)19-9-18(24-30(2,27)15-11-29-12-15)22-20(23-19)26-13-21-16-5-3-4-6-17(16)26;1-12-11-24-8-7-21(12)16-10-15(20-25(2,3)23)18-17(19-16)13-5-4-6-14(22)9-13;1-11-10-24-8-7-22(11)15-9-14(21-25(2,3)23)19-16(20-15)12-5-4-6-13(17)18-12/h4-5,7-8,11-13,15H,6,9-10,14H2,1-3H3;4-5,10,12,14H,2-3,6-9,11,13H2,1H3;3-6,9,13-15H,7-8,10-12H2,1-2H3;4-6,9-10,12,22H,7-8,11H2,1-3H3;4-6,9,11H,7-8,10H2,1-3H3,(H2,17,18)/t15-,32?;14-;14-,30?;12-;11-/m11111/s1. The Bertz CT molecular complexity index is 7270. The number of hydrogen-bond donors (Lipinski definition) is 2. The first-order chi connectivity index (χ1) is 68.1. The van der Waals surface area contributed by atoms with Gasteiger partial charge in [-0.05, 0) is 102 Å². The number of halogens is 1. The summed E-state index contributed by atoms with van der Waals surface area (Å²) in [5, 5.41) is 14.6. The Kier molecular flexibility index (Phi) is 31.4. The molecule has 750 valence electrons. The molecule has 0 saturated carbocycles. The van der Waals surface area contributed by atoms with Gasteiger partial charge in [-0.2, -0.15) is 36.9 Å². The van der Waals surface area contributed by atoms with Crippen LogP contribution in [0.3, 0.4) is 0 Å². The van der Waals surface area contributed by atoms with E-state index in [9.17, 15) is 26.2 Å². The fourth-order valence-corrected chi connectivity index (χ4v) is 23.0. The van der Waals surface area contributed by atoms with Gasteiger partial charge < -0.3 is 63.8 Å². The number of benzene rings is 2. The summed E-state index contributed by atoms with van der Waals surface area (Å²) in [6.45, 7) is 21.3. The molecule has 7 aliphatic heterocycles. The van der Waals surface area contributed by atoms with Crippen molar-refractivity contribution in [1.29, 1.82) is 0 Å². The minimum atomic E-state index is -2.73. The molecule has 7 atom stereocenters. The zero-order chi connectivity index (χ0) is 99.8. The Hall–Kier alpha value is -12.2. The molecule has 2 unspecified atom stereocenters. The fourth-order valence-electron chi connectivity index (χ4n) is 17.1. The number of nitrogens with two attached hydrogens (primary N) is 1. The number of nitrogens with zero attached hydrogens (tertiary/aromatic N) is 27. The van der Waals surface area contributed by atoms with Crippen LogP contribution in [-0.2, 0) is 97.0 Å². The van der Waals surface area contributed by atoms with Crippen molar-refractivity contribution in [2.75, 3.05) is 191 Å². The van der Waals surface area contributed by atoms with Gasteiger partial charge in [-0.3, -0.25) is 19.2 Å².